The van der Waals surface area contributed by atoms with Gasteiger partial charge in [-0.05, 0) is 42.5 Å². The average molecular weight is 333 g/mol. The number of hydrazine groups is 1. The highest BCUT2D eigenvalue weighted by atomic mass is 35.5. The van der Waals surface area contributed by atoms with Gasteiger partial charge < -0.3 is 4.42 Å². The molecular formula is C16H10ClFN2O3. The van der Waals surface area contributed by atoms with Crippen LogP contribution < -0.4 is 10.4 Å². The zero-order valence-corrected chi connectivity index (χ0v) is 12.4. The van der Waals surface area contributed by atoms with Crippen LogP contribution in [0.3, 0.4) is 0 Å². The third-order valence-corrected chi connectivity index (χ3v) is 3.41. The maximum atomic E-state index is 13.2. The van der Waals surface area contributed by atoms with Crippen LogP contribution in [0.5, 0.6) is 0 Å². The first-order valence-corrected chi connectivity index (χ1v) is 6.96. The molecule has 2 aromatic rings. The van der Waals surface area contributed by atoms with Gasteiger partial charge in [-0.3, -0.25) is 15.0 Å². The Bertz CT molecular complexity index is 828. The van der Waals surface area contributed by atoms with Gasteiger partial charge in [-0.15, -0.1) is 0 Å². The number of benzene rings is 1. The van der Waals surface area contributed by atoms with Crippen LogP contribution in [-0.4, -0.2) is 11.8 Å². The Balaban J connectivity index is 1.83. The van der Waals surface area contributed by atoms with Crippen LogP contribution in [0.15, 0.2) is 58.7 Å². The van der Waals surface area contributed by atoms with Crippen LogP contribution in [0.4, 0.5) is 10.1 Å². The lowest BCUT2D eigenvalue weighted by Crippen LogP contribution is -2.35. The molecule has 1 aliphatic heterocycles. The van der Waals surface area contributed by atoms with Gasteiger partial charge in [0.05, 0.1) is 17.0 Å². The topological polar surface area (TPSA) is 62.6 Å². The molecule has 1 N–H and O–H groups in total. The number of anilines is 1. The Kier molecular flexibility index (Phi) is 3.99. The number of allylic oxidation sites excluding steroid dienone is 2. The monoisotopic (exact) mass is 332 g/mol. The molecule has 7 heteroatoms. The third-order valence-electron chi connectivity index (χ3n) is 3.12. The van der Waals surface area contributed by atoms with Gasteiger partial charge in [0.2, 0.25) is 0 Å². The summed E-state index contributed by atoms with van der Waals surface area (Å²) >= 11 is 5.69. The fourth-order valence-electron chi connectivity index (χ4n) is 2.01. The second kappa shape index (κ2) is 6.10. The van der Waals surface area contributed by atoms with E-state index in [1.807, 2.05) is 0 Å². The first-order chi connectivity index (χ1) is 11.1. The lowest BCUT2D eigenvalue weighted by molar-refractivity contribution is -0.117. The molecule has 3 rings (SSSR count). The standard InChI is InChI=1S/C16H10ClFN2O3/c17-13-9-10(6-7-14(13)18)20-16(22)12(15(21)19-20)5-1-3-11-4-2-8-23-11/h1-9H,(H,19,21)/b3-1-,12-5+. The van der Waals surface area contributed by atoms with E-state index in [0.29, 0.717) is 5.76 Å². The van der Waals surface area contributed by atoms with Crippen LogP contribution in [0.25, 0.3) is 6.08 Å². The molecule has 1 aromatic carbocycles. The highest BCUT2D eigenvalue weighted by Gasteiger charge is 2.34. The highest BCUT2D eigenvalue weighted by molar-refractivity contribution is 6.32. The predicted octanol–water partition coefficient (Wildman–Crippen LogP) is 3.09. The van der Waals surface area contributed by atoms with Crippen LogP contribution in [-0.2, 0) is 9.59 Å². The van der Waals surface area contributed by atoms with Crippen LogP contribution in [0.1, 0.15) is 5.76 Å². The number of nitrogens with zero attached hydrogens (tertiary/aromatic N) is 1. The van der Waals surface area contributed by atoms with Crippen molar-refractivity contribution in [3.63, 3.8) is 0 Å². The molecular weight excluding hydrogens is 323 g/mol. The molecule has 0 unspecified atom stereocenters. The van der Waals surface area contributed by atoms with E-state index in [-0.39, 0.29) is 16.3 Å². The SMILES string of the molecule is O=C1NN(c2ccc(F)c(Cl)c2)C(=O)/C1=C/C=C\c1ccco1. The average Bonchev–Trinajstić information content (AvgIpc) is 3.13. The van der Waals surface area contributed by atoms with Gasteiger partial charge in [-0.25, -0.2) is 9.40 Å². The summed E-state index contributed by atoms with van der Waals surface area (Å²) in [7, 11) is 0. The summed E-state index contributed by atoms with van der Waals surface area (Å²) in [5.74, 6) is -1.12. The molecule has 5 nitrogen and oxygen atoms in total. The minimum atomic E-state index is -0.606. The smallest absolute Gasteiger partial charge is 0.282 e. The molecule has 1 aliphatic rings. The molecule has 2 amide bonds. The Labute approximate surface area is 135 Å². The van der Waals surface area contributed by atoms with E-state index < -0.39 is 17.6 Å². The van der Waals surface area contributed by atoms with Crippen LogP contribution >= 0.6 is 11.6 Å². The van der Waals surface area contributed by atoms with Crippen molar-refractivity contribution >= 4 is 35.2 Å². The minimum Gasteiger partial charge on any atom is -0.465 e. The fourth-order valence-corrected chi connectivity index (χ4v) is 2.18. The quantitative estimate of drug-likeness (QED) is 0.694. The summed E-state index contributed by atoms with van der Waals surface area (Å²) in [5.41, 5.74) is 2.62. The van der Waals surface area contributed by atoms with E-state index in [1.54, 1.807) is 18.2 Å². The number of hydrogen-bond donors (Lipinski definition) is 1. The maximum Gasteiger partial charge on any atom is 0.282 e. The molecule has 0 spiro atoms. The number of carbonyl (C=O) groups is 2. The Morgan fingerprint density at radius 2 is 2.09 bits per heavy atom. The molecule has 1 fully saturated rings. The van der Waals surface area contributed by atoms with Crippen molar-refractivity contribution in [2.75, 3.05) is 5.01 Å². The first kappa shape index (κ1) is 15.1. The summed E-state index contributed by atoms with van der Waals surface area (Å²) in [6.45, 7) is 0. The summed E-state index contributed by atoms with van der Waals surface area (Å²) in [6, 6.07) is 7.19. The van der Waals surface area contributed by atoms with E-state index in [2.05, 4.69) is 5.43 Å². The van der Waals surface area contributed by atoms with Crippen molar-refractivity contribution in [3.05, 3.63) is 70.9 Å². The summed E-state index contributed by atoms with van der Waals surface area (Å²) in [5, 5.41) is 0.875. The van der Waals surface area contributed by atoms with Crippen LogP contribution in [0.2, 0.25) is 5.02 Å². The van der Waals surface area contributed by atoms with Crippen molar-refractivity contribution in [2.24, 2.45) is 0 Å². The largest absolute Gasteiger partial charge is 0.465 e. The van der Waals surface area contributed by atoms with Crippen molar-refractivity contribution in [2.45, 2.75) is 0 Å². The Hall–Kier alpha value is -2.86. The zero-order chi connectivity index (χ0) is 16.4. The second-order valence-corrected chi connectivity index (χ2v) is 5.04. The molecule has 1 saturated heterocycles. The molecule has 0 radical (unpaired) electrons. The number of amides is 2. The molecule has 0 bridgehead atoms. The lowest BCUT2D eigenvalue weighted by atomic mass is 10.2. The van der Waals surface area contributed by atoms with Crippen LogP contribution in [0, 0.1) is 5.82 Å². The van der Waals surface area contributed by atoms with E-state index in [0.717, 1.165) is 11.1 Å². The third kappa shape index (κ3) is 3.02. The normalized spacial score (nSPS) is 16.6. The maximum absolute atomic E-state index is 13.2. The number of halogens is 2. The number of hydrogen-bond acceptors (Lipinski definition) is 3. The van der Waals surface area contributed by atoms with Gasteiger partial charge in [0.25, 0.3) is 11.8 Å². The van der Waals surface area contributed by atoms with Gasteiger partial charge in [0, 0.05) is 0 Å². The minimum absolute atomic E-state index is 0.0479. The van der Waals surface area contributed by atoms with Crippen molar-refractivity contribution in [3.8, 4) is 0 Å². The molecule has 0 atom stereocenters. The zero-order valence-electron chi connectivity index (χ0n) is 11.6. The van der Waals surface area contributed by atoms with Gasteiger partial charge >= 0.3 is 0 Å². The van der Waals surface area contributed by atoms with E-state index in [4.69, 9.17) is 16.0 Å². The molecule has 0 aliphatic carbocycles. The van der Waals surface area contributed by atoms with Crippen molar-refractivity contribution < 1.29 is 18.4 Å². The van der Waals surface area contributed by atoms with Gasteiger partial charge in [0.1, 0.15) is 17.2 Å². The summed E-state index contributed by atoms with van der Waals surface area (Å²) in [6.07, 6.45) is 6.04. The highest BCUT2D eigenvalue weighted by Crippen LogP contribution is 2.25. The molecule has 1 aromatic heterocycles. The van der Waals surface area contributed by atoms with E-state index in [1.165, 1.54) is 30.5 Å². The number of rotatable bonds is 3. The van der Waals surface area contributed by atoms with Crippen molar-refractivity contribution in [1.29, 1.82) is 0 Å². The second-order valence-electron chi connectivity index (χ2n) is 4.63. The molecule has 116 valence electrons. The molecule has 0 saturated carbocycles. The molecule has 23 heavy (non-hydrogen) atoms. The number of nitrogens with one attached hydrogen (secondary N) is 1. The lowest BCUT2D eigenvalue weighted by Gasteiger charge is -2.14. The Morgan fingerprint density at radius 1 is 1.26 bits per heavy atom. The van der Waals surface area contributed by atoms with Gasteiger partial charge in [-0.1, -0.05) is 17.7 Å². The van der Waals surface area contributed by atoms with Gasteiger partial charge in [0.15, 0.2) is 0 Å². The summed E-state index contributed by atoms with van der Waals surface area (Å²) in [4.78, 5) is 24.2. The molecule has 2 heterocycles. The van der Waals surface area contributed by atoms with Gasteiger partial charge in [-0.2, -0.15) is 0 Å². The van der Waals surface area contributed by atoms with E-state index >= 15 is 0 Å². The number of furan rings is 1. The van der Waals surface area contributed by atoms with E-state index in [9.17, 15) is 14.0 Å². The van der Waals surface area contributed by atoms with Crippen molar-refractivity contribution in [1.82, 2.24) is 5.43 Å². The fraction of sp³-hybridized carbons (Fsp3) is 0. The number of carbonyl (C=O) groups excluding carboxylic acids is 2. The predicted molar refractivity (Wildman–Crippen MR) is 82.9 cm³/mol. The Morgan fingerprint density at radius 3 is 2.78 bits per heavy atom. The summed E-state index contributed by atoms with van der Waals surface area (Å²) < 4.78 is 18.3. The first-order valence-electron chi connectivity index (χ1n) is 6.58.